The number of nitrogens with one attached hydrogen (secondary N) is 1. The molecule has 0 fully saturated rings. The number of benzene rings is 1. The van der Waals surface area contributed by atoms with Crippen LogP contribution in [0, 0.1) is 24.2 Å². The summed E-state index contributed by atoms with van der Waals surface area (Å²) in [5, 5.41) is 11.1. The van der Waals surface area contributed by atoms with Crippen molar-refractivity contribution in [3.63, 3.8) is 0 Å². The Morgan fingerprint density at radius 2 is 2.27 bits per heavy atom. The zero-order valence-electron chi connectivity index (χ0n) is 7.45. The molecule has 0 aliphatic carbocycles. The summed E-state index contributed by atoms with van der Waals surface area (Å²) in [6.07, 6.45) is 1.58. The van der Waals surface area contributed by atoms with Crippen molar-refractivity contribution in [2.75, 3.05) is 5.32 Å². The first-order valence-corrected chi connectivity index (χ1v) is 4.27. The number of hydrogen-bond acceptors (Lipinski definition) is 2. The van der Waals surface area contributed by atoms with Gasteiger partial charge in [-0.3, -0.25) is 0 Å². The van der Waals surface area contributed by atoms with Gasteiger partial charge in [-0.15, -0.1) is 17.6 Å². The minimum atomic E-state index is -0.312. The number of halogens is 1. The third-order valence-electron chi connectivity index (χ3n) is 1.67. The molecule has 0 saturated carbocycles. The van der Waals surface area contributed by atoms with Gasteiger partial charge in [0.1, 0.15) is 5.82 Å². The molecular formula is C9H9FN3NaS. The summed E-state index contributed by atoms with van der Waals surface area (Å²) in [6, 6.07) is 4.61. The molecule has 0 atom stereocenters. The van der Waals surface area contributed by atoms with E-state index in [1.807, 2.05) is 0 Å². The monoisotopic (exact) mass is 233 g/mol. The van der Waals surface area contributed by atoms with Crippen LogP contribution >= 0.6 is 12.6 Å². The van der Waals surface area contributed by atoms with Crippen molar-refractivity contribution in [3.05, 3.63) is 29.6 Å². The van der Waals surface area contributed by atoms with Gasteiger partial charge in [0.25, 0.3) is 0 Å². The van der Waals surface area contributed by atoms with Crippen molar-refractivity contribution < 1.29 is 4.39 Å². The average Bonchev–Trinajstić information content (AvgIpc) is 2.13. The number of aliphatic imine (C=N–C) groups is 1. The molecule has 0 spiro atoms. The predicted molar refractivity (Wildman–Crippen MR) is 63.9 cm³/mol. The summed E-state index contributed by atoms with van der Waals surface area (Å²) >= 11 is 3.90. The van der Waals surface area contributed by atoms with Crippen molar-refractivity contribution in [2.45, 2.75) is 6.92 Å². The zero-order chi connectivity index (χ0) is 10.6. The maximum atomic E-state index is 13.0. The van der Waals surface area contributed by atoms with Crippen LogP contribution in [0.1, 0.15) is 5.56 Å². The van der Waals surface area contributed by atoms with Gasteiger partial charge in [-0.1, -0.05) is 6.07 Å². The Hall–Kier alpha value is -0.540. The van der Waals surface area contributed by atoms with E-state index < -0.39 is 0 Å². The van der Waals surface area contributed by atoms with E-state index in [1.54, 1.807) is 25.2 Å². The molecule has 74 valence electrons. The second-order valence-corrected chi connectivity index (χ2v) is 3.00. The Morgan fingerprint density at radius 1 is 1.60 bits per heavy atom. The molecule has 0 radical (unpaired) electrons. The van der Waals surface area contributed by atoms with Crippen LogP contribution in [0.3, 0.4) is 0 Å². The van der Waals surface area contributed by atoms with Gasteiger partial charge in [-0.25, -0.2) is 4.39 Å². The number of anilines is 1. The molecule has 1 rings (SSSR count). The molecular weight excluding hydrogens is 224 g/mol. The molecule has 1 N–H and O–H groups in total. The summed E-state index contributed by atoms with van der Waals surface area (Å²) in [6.45, 7) is 1.63. The summed E-state index contributed by atoms with van der Waals surface area (Å²) in [4.78, 5) is 3.34. The van der Waals surface area contributed by atoms with Crippen LogP contribution in [-0.2, 0) is 0 Å². The molecule has 0 aliphatic heterocycles. The van der Waals surface area contributed by atoms with Crippen LogP contribution < -0.4 is 5.32 Å². The van der Waals surface area contributed by atoms with E-state index in [4.69, 9.17) is 5.26 Å². The summed E-state index contributed by atoms with van der Waals surface area (Å²) in [7, 11) is 0. The van der Waals surface area contributed by atoms with Crippen molar-refractivity contribution >= 4 is 53.0 Å². The number of thiol groups is 1. The number of rotatable bonds is 1. The zero-order valence-corrected chi connectivity index (χ0v) is 8.35. The van der Waals surface area contributed by atoms with E-state index in [2.05, 4.69) is 22.9 Å². The van der Waals surface area contributed by atoms with E-state index in [0.717, 1.165) is 0 Å². The quantitative estimate of drug-likeness (QED) is 0.255. The Balaban J connectivity index is 0.00000196. The normalized spacial score (nSPS) is 10.1. The Labute approximate surface area is 115 Å². The van der Waals surface area contributed by atoms with Gasteiger partial charge in [0.2, 0.25) is 6.19 Å². The Kier molecular flexibility index (Phi) is 6.61. The summed E-state index contributed by atoms with van der Waals surface area (Å²) in [5.74, 6) is -0.312. The number of hydrogen-bond donors (Lipinski definition) is 2. The van der Waals surface area contributed by atoms with Gasteiger partial charge < -0.3 is 5.32 Å². The third-order valence-corrected chi connectivity index (χ3v) is 1.88. The number of nitriles is 1. The van der Waals surface area contributed by atoms with E-state index >= 15 is 0 Å². The van der Waals surface area contributed by atoms with Gasteiger partial charge in [0.15, 0.2) is 5.17 Å². The number of nitrogens with zero attached hydrogens (tertiary/aromatic N) is 2. The second kappa shape index (κ2) is 6.85. The van der Waals surface area contributed by atoms with E-state index in [-0.39, 0.29) is 40.5 Å². The molecule has 6 heteroatoms. The van der Waals surface area contributed by atoms with E-state index in [0.29, 0.717) is 11.3 Å². The van der Waals surface area contributed by atoms with Crippen LogP contribution in [0.5, 0.6) is 0 Å². The minimum absolute atomic E-state index is 0. The van der Waals surface area contributed by atoms with Gasteiger partial charge in [-0.05, 0) is 19.1 Å². The molecule has 1 aromatic rings. The molecule has 0 heterocycles. The second-order valence-electron chi connectivity index (χ2n) is 2.57. The molecule has 0 saturated heterocycles. The maximum absolute atomic E-state index is 13.0. The molecule has 0 bridgehead atoms. The molecule has 3 nitrogen and oxygen atoms in total. The fourth-order valence-electron chi connectivity index (χ4n) is 0.939. The van der Waals surface area contributed by atoms with Crippen LogP contribution in [0.15, 0.2) is 23.2 Å². The van der Waals surface area contributed by atoms with Crippen LogP contribution in [0.4, 0.5) is 10.1 Å². The molecule has 0 aromatic heterocycles. The summed E-state index contributed by atoms with van der Waals surface area (Å²) in [5.41, 5.74) is 1.01. The standard InChI is InChI=1S/C9H8FN3S.Na.H/c1-6-7(10)3-2-4-8(6)13-9(14)12-5-11;;/h2-4H,1H3,(H2,12,13,14);;. The van der Waals surface area contributed by atoms with Crippen molar-refractivity contribution in [1.82, 2.24) is 0 Å². The Morgan fingerprint density at radius 3 is 2.87 bits per heavy atom. The van der Waals surface area contributed by atoms with Crippen molar-refractivity contribution in [2.24, 2.45) is 4.99 Å². The molecule has 0 aliphatic rings. The van der Waals surface area contributed by atoms with Gasteiger partial charge in [0, 0.05) is 11.3 Å². The van der Waals surface area contributed by atoms with E-state index in [9.17, 15) is 4.39 Å². The first-order chi connectivity index (χ1) is 6.65. The fraction of sp³-hybridized carbons (Fsp3) is 0.111. The predicted octanol–water partition coefficient (Wildman–Crippen LogP) is 1.66. The fourth-order valence-corrected chi connectivity index (χ4v) is 1.10. The van der Waals surface area contributed by atoms with Gasteiger partial charge in [0.05, 0.1) is 0 Å². The molecule has 0 unspecified atom stereocenters. The van der Waals surface area contributed by atoms with Crippen LogP contribution in [0.2, 0.25) is 0 Å². The first-order valence-electron chi connectivity index (χ1n) is 3.83. The molecule has 1 aromatic carbocycles. The third kappa shape index (κ3) is 4.22. The van der Waals surface area contributed by atoms with E-state index in [1.165, 1.54) is 6.07 Å². The van der Waals surface area contributed by atoms with Crippen molar-refractivity contribution in [1.29, 1.82) is 5.26 Å². The topological polar surface area (TPSA) is 48.2 Å². The van der Waals surface area contributed by atoms with Crippen molar-refractivity contribution in [3.8, 4) is 6.19 Å². The first kappa shape index (κ1) is 14.5. The van der Waals surface area contributed by atoms with Gasteiger partial charge in [-0.2, -0.15) is 5.26 Å². The molecule has 0 amide bonds. The molecule has 15 heavy (non-hydrogen) atoms. The van der Waals surface area contributed by atoms with Crippen LogP contribution in [-0.4, -0.2) is 34.7 Å². The van der Waals surface area contributed by atoms with Gasteiger partial charge >= 0.3 is 29.6 Å². The average molecular weight is 233 g/mol. The Bertz CT molecular complexity index is 414. The summed E-state index contributed by atoms with van der Waals surface area (Å²) < 4.78 is 13.0. The van der Waals surface area contributed by atoms with Crippen LogP contribution in [0.25, 0.3) is 0 Å². The number of amidine groups is 1. The SMILES string of the molecule is Cc1c(F)cccc1NC(S)=NC#N.[NaH].